The summed E-state index contributed by atoms with van der Waals surface area (Å²) in [6.45, 7) is 3.69. The van der Waals surface area contributed by atoms with E-state index in [1.165, 1.54) is 22.7 Å². The molecule has 0 atom stereocenters. The monoisotopic (exact) mass is 467 g/mol. The first-order valence-corrected chi connectivity index (χ1v) is 10.9. The van der Waals surface area contributed by atoms with Crippen molar-refractivity contribution < 1.29 is 9.53 Å². The summed E-state index contributed by atoms with van der Waals surface area (Å²) in [4.78, 5) is 21.2. The summed E-state index contributed by atoms with van der Waals surface area (Å²) in [6, 6.07) is 3.71. The lowest BCUT2D eigenvalue weighted by Gasteiger charge is -2.04. The second kappa shape index (κ2) is 7.91. The maximum atomic E-state index is 12.3. The van der Waals surface area contributed by atoms with Gasteiger partial charge in [-0.1, -0.05) is 23.2 Å². The lowest BCUT2D eigenvalue weighted by molar-refractivity contribution is -0.118. The van der Waals surface area contributed by atoms with Crippen LogP contribution in [-0.2, 0) is 11.8 Å². The van der Waals surface area contributed by atoms with Crippen molar-refractivity contribution in [3.05, 3.63) is 37.4 Å². The fraction of sp³-hybridized carbons (Fsp3) is 0.222. The topological polar surface area (TPSA) is 81.9 Å². The van der Waals surface area contributed by atoms with E-state index in [4.69, 9.17) is 27.9 Å². The number of thiophene rings is 1. The van der Waals surface area contributed by atoms with Crippen LogP contribution in [-0.4, -0.2) is 32.3 Å². The highest BCUT2D eigenvalue weighted by Gasteiger charge is 2.17. The lowest BCUT2D eigenvalue weighted by Crippen LogP contribution is -2.20. The fourth-order valence-electron chi connectivity index (χ4n) is 2.91. The van der Waals surface area contributed by atoms with E-state index in [9.17, 15) is 4.79 Å². The van der Waals surface area contributed by atoms with E-state index in [0.717, 1.165) is 22.2 Å². The second-order valence-electron chi connectivity index (χ2n) is 6.32. The van der Waals surface area contributed by atoms with Crippen molar-refractivity contribution in [1.29, 1.82) is 0 Å². The van der Waals surface area contributed by atoms with E-state index in [1.807, 2.05) is 25.3 Å². The molecular weight excluding hydrogens is 453 g/mol. The molecule has 0 bridgehead atoms. The van der Waals surface area contributed by atoms with Gasteiger partial charge in [0.1, 0.15) is 4.34 Å². The zero-order valence-corrected chi connectivity index (χ0v) is 18.8. The molecule has 0 spiro atoms. The maximum Gasteiger partial charge on any atom is 0.264 e. The summed E-state index contributed by atoms with van der Waals surface area (Å²) in [7, 11) is 1.79. The minimum absolute atomic E-state index is 0.195. The van der Waals surface area contributed by atoms with Crippen LogP contribution in [0.5, 0.6) is 5.88 Å². The molecule has 4 rings (SSSR count). The number of carbonyl (C=O) groups excluding carboxylic acids is 1. The number of nitrogens with zero attached hydrogens (tertiary/aromatic N) is 4. The van der Waals surface area contributed by atoms with Crippen LogP contribution in [0.2, 0.25) is 8.67 Å². The molecule has 4 aromatic rings. The van der Waals surface area contributed by atoms with Crippen molar-refractivity contribution in [2.24, 2.45) is 7.05 Å². The van der Waals surface area contributed by atoms with Gasteiger partial charge in [-0.15, -0.1) is 27.8 Å². The maximum absolute atomic E-state index is 12.3. The molecular formula is C18H15Cl2N5O2S2. The number of thiazole rings is 1. The van der Waals surface area contributed by atoms with Gasteiger partial charge in [-0.25, -0.2) is 14.6 Å². The van der Waals surface area contributed by atoms with Crippen LogP contribution in [0, 0.1) is 13.8 Å². The zero-order chi connectivity index (χ0) is 20.7. The van der Waals surface area contributed by atoms with Crippen molar-refractivity contribution >= 4 is 67.9 Å². The summed E-state index contributed by atoms with van der Waals surface area (Å²) in [5.41, 5.74) is 4.01. The van der Waals surface area contributed by atoms with E-state index < -0.39 is 0 Å². The largest absolute Gasteiger partial charge is 0.466 e. The Morgan fingerprint density at radius 2 is 2.07 bits per heavy atom. The normalized spacial score (nSPS) is 11.2. The highest BCUT2D eigenvalue weighted by molar-refractivity contribution is 7.20. The Bertz CT molecular complexity index is 1230. The van der Waals surface area contributed by atoms with Crippen LogP contribution < -0.4 is 10.1 Å². The molecule has 4 heterocycles. The molecule has 0 aliphatic rings. The van der Waals surface area contributed by atoms with E-state index >= 15 is 0 Å². The number of nitrogens with one attached hydrogen (secondary N) is 1. The minimum atomic E-state index is -0.336. The average Bonchev–Trinajstić information content (AvgIpc) is 3.31. The molecule has 0 radical (unpaired) electrons. The molecule has 0 aromatic carbocycles. The summed E-state index contributed by atoms with van der Waals surface area (Å²) in [5, 5.41) is 10.1. The molecule has 11 heteroatoms. The van der Waals surface area contributed by atoms with Gasteiger partial charge in [-0.2, -0.15) is 0 Å². The molecule has 1 N–H and O–H groups in total. The number of rotatable bonds is 5. The highest BCUT2D eigenvalue weighted by Crippen LogP contribution is 2.39. The van der Waals surface area contributed by atoms with E-state index in [2.05, 4.69) is 20.4 Å². The number of aryl methyl sites for hydroxylation is 3. The first kappa shape index (κ1) is 20.1. The van der Waals surface area contributed by atoms with E-state index in [1.54, 1.807) is 17.8 Å². The Balaban J connectivity index is 1.45. The van der Waals surface area contributed by atoms with Gasteiger partial charge in [0, 0.05) is 23.7 Å². The summed E-state index contributed by atoms with van der Waals surface area (Å²) >= 11 is 14.7. The van der Waals surface area contributed by atoms with Gasteiger partial charge in [-0.05, 0) is 31.5 Å². The third-order valence-electron chi connectivity index (χ3n) is 4.11. The molecule has 7 nitrogen and oxygen atoms in total. The number of anilines is 1. The molecule has 1 amide bonds. The number of amides is 1. The Morgan fingerprint density at radius 3 is 2.79 bits per heavy atom. The third kappa shape index (κ3) is 4.09. The number of aromatic nitrogens is 4. The molecule has 0 aliphatic heterocycles. The van der Waals surface area contributed by atoms with Gasteiger partial charge in [-0.3, -0.25) is 10.1 Å². The number of carbonyl (C=O) groups is 1. The average molecular weight is 468 g/mol. The smallest absolute Gasteiger partial charge is 0.264 e. The molecule has 0 saturated carbocycles. The lowest BCUT2D eigenvalue weighted by atomic mass is 10.2. The van der Waals surface area contributed by atoms with Crippen LogP contribution >= 0.6 is 45.9 Å². The molecule has 0 unspecified atom stereocenters. The Hall–Kier alpha value is -2.20. The van der Waals surface area contributed by atoms with Crippen molar-refractivity contribution in [3.8, 4) is 17.1 Å². The van der Waals surface area contributed by atoms with Gasteiger partial charge in [0.15, 0.2) is 17.4 Å². The predicted octanol–water partition coefficient (Wildman–Crippen LogP) is 5.09. The molecule has 4 aromatic heterocycles. The number of fused-ring (bicyclic) bond motifs is 1. The van der Waals surface area contributed by atoms with Crippen LogP contribution in [0.1, 0.15) is 11.3 Å². The van der Waals surface area contributed by atoms with Crippen molar-refractivity contribution in [1.82, 2.24) is 19.7 Å². The number of pyridine rings is 1. The highest BCUT2D eigenvalue weighted by atomic mass is 35.5. The Labute approximate surface area is 184 Å². The van der Waals surface area contributed by atoms with Crippen molar-refractivity contribution in [2.75, 3.05) is 11.9 Å². The van der Waals surface area contributed by atoms with Crippen LogP contribution in [0.25, 0.3) is 22.3 Å². The van der Waals surface area contributed by atoms with Crippen molar-refractivity contribution in [2.45, 2.75) is 13.8 Å². The Morgan fingerprint density at radius 1 is 1.28 bits per heavy atom. The Kier molecular flexibility index (Phi) is 5.48. The van der Waals surface area contributed by atoms with Gasteiger partial charge >= 0.3 is 0 Å². The van der Waals surface area contributed by atoms with Gasteiger partial charge in [0.05, 0.1) is 15.4 Å². The zero-order valence-electron chi connectivity index (χ0n) is 15.6. The van der Waals surface area contributed by atoms with E-state index in [0.29, 0.717) is 31.0 Å². The number of ether oxygens (including phenoxy) is 1. The number of hydrogen-bond donors (Lipinski definition) is 1. The summed E-state index contributed by atoms with van der Waals surface area (Å²) < 4.78 is 8.45. The van der Waals surface area contributed by atoms with Crippen LogP contribution in [0.3, 0.4) is 0 Å². The van der Waals surface area contributed by atoms with Gasteiger partial charge in [0.25, 0.3) is 5.91 Å². The van der Waals surface area contributed by atoms with Crippen LogP contribution in [0.15, 0.2) is 17.5 Å². The fourth-order valence-corrected chi connectivity index (χ4v) is 5.12. The minimum Gasteiger partial charge on any atom is -0.466 e. The van der Waals surface area contributed by atoms with Crippen molar-refractivity contribution in [3.63, 3.8) is 0 Å². The van der Waals surface area contributed by atoms with Gasteiger partial charge < -0.3 is 4.74 Å². The summed E-state index contributed by atoms with van der Waals surface area (Å²) in [6.07, 6.45) is 0. The van der Waals surface area contributed by atoms with Gasteiger partial charge in [0.2, 0.25) is 5.88 Å². The first-order chi connectivity index (χ1) is 13.8. The SMILES string of the molecule is Cc1cc(C)c2c(OCC(=O)Nc3nc(-c4cc(Cl)sc4Cl)cs3)nn(C)c2n1. The molecule has 150 valence electrons. The molecule has 0 fully saturated rings. The first-order valence-electron chi connectivity index (χ1n) is 8.46. The number of hydrogen-bond acceptors (Lipinski definition) is 7. The molecule has 29 heavy (non-hydrogen) atoms. The quantitative estimate of drug-likeness (QED) is 0.441. The number of halogens is 2. The second-order valence-corrected chi connectivity index (χ2v) is 9.46. The molecule has 0 saturated heterocycles. The summed E-state index contributed by atoms with van der Waals surface area (Å²) in [5.74, 6) is 0.0408. The van der Waals surface area contributed by atoms with Crippen LogP contribution in [0.4, 0.5) is 5.13 Å². The third-order valence-corrected chi connectivity index (χ3v) is 6.36. The standard InChI is InChI=1S/C18H15Cl2N5O2S2/c1-8-4-9(2)21-16-14(8)17(24-25(16)3)27-6-13(26)23-18-22-11(7-28-18)10-5-12(19)29-15(10)20/h4-5,7H,6H2,1-3H3,(H,22,23,26). The van der Waals surface area contributed by atoms with E-state index in [-0.39, 0.29) is 12.5 Å². The predicted molar refractivity (Wildman–Crippen MR) is 118 cm³/mol. The molecule has 0 aliphatic carbocycles.